The number of para-hydroxylation sites is 1. The van der Waals surface area contributed by atoms with Crippen LogP contribution in [-0.4, -0.2) is 32.2 Å². The summed E-state index contributed by atoms with van der Waals surface area (Å²) in [7, 11) is 2.53. The van der Waals surface area contributed by atoms with Gasteiger partial charge in [-0.25, -0.2) is 9.59 Å². The zero-order valence-corrected chi connectivity index (χ0v) is 12.8. The van der Waals surface area contributed by atoms with Crippen molar-refractivity contribution in [1.82, 2.24) is 0 Å². The van der Waals surface area contributed by atoms with Gasteiger partial charge in [-0.05, 0) is 18.6 Å². The Morgan fingerprint density at radius 3 is 2.65 bits per heavy atom. The van der Waals surface area contributed by atoms with Gasteiger partial charge in [-0.15, -0.1) is 0 Å². The lowest BCUT2D eigenvalue weighted by molar-refractivity contribution is -0.143. The summed E-state index contributed by atoms with van der Waals surface area (Å²) in [6, 6.07) is 7.42. The Morgan fingerprint density at radius 1 is 1.22 bits per heavy atom. The molecule has 7 heteroatoms. The van der Waals surface area contributed by atoms with Gasteiger partial charge in [0.2, 0.25) is 0 Å². The highest BCUT2D eigenvalue weighted by molar-refractivity contribution is 5.91. The topological polar surface area (TPSA) is 94.8 Å². The van der Waals surface area contributed by atoms with Crippen LogP contribution in [0.15, 0.2) is 39.5 Å². The number of hydrogen-bond donors (Lipinski definition) is 1. The molecule has 7 nitrogen and oxygen atoms in total. The minimum absolute atomic E-state index is 0.0443. The van der Waals surface area contributed by atoms with E-state index < -0.39 is 23.6 Å². The van der Waals surface area contributed by atoms with Crippen molar-refractivity contribution in [2.45, 2.75) is 18.9 Å². The summed E-state index contributed by atoms with van der Waals surface area (Å²) < 4.78 is 14.4. The third-order valence-corrected chi connectivity index (χ3v) is 3.33. The molecule has 122 valence electrons. The van der Waals surface area contributed by atoms with Gasteiger partial charge in [0, 0.05) is 17.9 Å². The largest absolute Gasteiger partial charge is 0.469 e. The van der Waals surface area contributed by atoms with Crippen molar-refractivity contribution in [3.63, 3.8) is 0 Å². The molecule has 0 bridgehead atoms. The highest BCUT2D eigenvalue weighted by Gasteiger charge is 2.21. The zero-order chi connectivity index (χ0) is 16.8. The molecule has 23 heavy (non-hydrogen) atoms. The van der Waals surface area contributed by atoms with Crippen LogP contribution in [0.5, 0.6) is 0 Å². The first kappa shape index (κ1) is 16.5. The van der Waals surface area contributed by atoms with Crippen molar-refractivity contribution < 1.29 is 23.5 Å². The predicted molar refractivity (Wildman–Crippen MR) is 83.2 cm³/mol. The minimum atomic E-state index is -0.788. The van der Waals surface area contributed by atoms with Gasteiger partial charge in [-0.1, -0.05) is 12.1 Å². The van der Waals surface area contributed by atoms with Crippen LogP contribution in [-0.2, 0) is 19.1 Å². The molecule has 0 fully saturated rings. The van der Waals surface area contributed by atoms with Crippen LogP contribution in [0, 0.1) is 0 Å². The first-order valence-electron chi connectivity index (χ1n) is 6.99. The minimum Gasteiger partial charge on any atom is -0.469 e. The van der Waals surface area contributed by atoms with Crippen molar-refractivity contribution in [1.29, 1.82) is 0 Å². The van der Waals surface area contributed by atoms with Crippen molar-refractivity contribution in [2.75, 3.05) is 19.5 Å². The Balaban J connectivity index is 2.30. The standard InChI is InChI=1S/C16H17NO6/c1-21-14(18)8-7-11(16(20)22-2)17-12-9-15(19)23-13-6-4-3-5-10(12)13/h3-6,9,11,17H,7-8H2,1-2H3/t11-/m0/s1. The molecule has 1 aromatic heterocycles. The average Bonchev–Trinajstić information content (AvgIpc) is 2.57. The first-order chi connectivity index (χ1) is 11.0. The Morgan fingerprint density at radius 2 is 1.96 bits per heavy atom. The lowest BCUT2D eigenvalue weighted by atomic mass is 10.1. The summed E-state index contributed by atoms with van der Waals surface area (Å²) in [6.45, 7) is 0. The monoisotopic (exact) mass is 319 g/mol. The van der Waals surface area contributed by atoms with Crippen LogP contribution in [0.3, 0.4) is 0 Å². The maximum atomic E-state index is 11.9. The number of nitrogens with one attached hydrogen (secondary N) is 1. The van der Waals surface area contributed by atoms with Gasteiger partial charge in [0.1, 0.15) is 11.6 Å². The molecule has 2 rings (SSSR count). The maximum absolute atomic E-state index is 11.9. The van der Waals surface area contributed by atoms with E-state index in [4.69, 9.17) is 9.15 Å². The van der Waals surface area contributed by atoms with Crippen LogP contribution in [0.4, 0.5) is 5.69 Å². The smallest absolute Gasteiger partial charge is 0.338 e. The zero-order valence-electron chi connectivity index (χ0n) is 12.8. The Bertz CT molecular complexity index is 766. The molecule has 1 atom stereocenters. The fraction of sp³-hybridized carbons (Fsp3) is 0.312. The van der Waals surface area contributed by atoms with Gasteiger partial charge in [0.05, 0.1) is 19.9 Å². The van der Waals surface area contributed by atoms with Crippen molar-refractivity contribution >= 4 is 28.6 Å². The highest BCUT2D eigenvalue weighted by Crippen LogP contribution is 2.22. The summed E-state index contributed by atoms with van der Waals surface area (Å²) in [4.78, 5) is 34.8. The summed E-state index contributed by atoms with van der Waals surface area (Å²) in [6.07, 6.45) is 0.219. The van der Waals surface area contributed by atoms with Crippen molar-refractivity contribution in [3.8, 4) is 0 Å². The molecule has 0 spiro atoms. The average molecular weight is 319 g/mol. The molecule has 1 heterocycles. The Kier molecular flexibility index (Phi) is 5.35. The van der Waals surface area contributed by atoms with E-state index in [1.807, 2.05) is 0 Å². The summed E-state index contributed by atoms with van der Waals surface area (Å²) in [5.74, 6) is -0.968. The van der Waals surface area contributed by atoms with Crippen LogP contribution in [0.1, 0.15) is 12.8 Å². The molecule has 0 aliphatic rings. The maximum Gasteiger partial charge on any atom is 0.338 e. The predicted octanol–water partition coefficient (Wildman–Crippen LogP) is 1.70. The number of carbonyl (C=O) groups is 2. The van der Waals surface area contributed by atoms with Crippen LogP contribution in [0.2, 0.25) is 0 Å². The van der Waals surface area contributed by atoms with E-state index in [9.17, 15) is 14.4 Å². The van der Waals surface area contributed by atoms with Crippen LogP contribution in [0.25, 0.3) is 11.0 Å². The third kappa shape index (κ3) is 4.09. The van der Waals surface area contributed by atoms with Gasteiger partial charge >= 0.3 is 17.6 Å². The second-order valence-electron chi connectivity index (χ2n) is 4.81. The third-order valence-electron chi connectivity index (χ3n) is 3.33. The molecule has 0 saturated carbocycles. The normalized spacial score (nSPS) is 11.7. The molecular formula is C16H17NO6. The number of anilines is 1. The lowest BCUT2D eigenvalue weighted by Crippen LogP contribution is -2.31. The Hall–Kier alpha value is -2.83. The van der Waals surface area contributed by atoms with Crippen LogP contribution < -0.4 is 10.9 Å². The number of fused-ring (bicyclic) bond motifs is 1. The lowest BCUT2D eigenvalue weighted by Gasteiger charge is -2.18. The molecule has 1 aromatic carbocycles. The molecule has 0 aliphatic carbocycles. The number of methoxy groups -OCH3 is 2. The van der Waals surface area contributed by atoms with E-state index >= 15 is 0 Å². The first-order valence-corrected chi connectivity index (χ1v) is 6.99. The second kappa shape index (κ2) is 7.44. The number of ether oxygens (including phenoxy) is 2. The number of carbonyl (C=O) groups excluding carboxylic acids is 2. The number of rotatable bonds is 6. The Labute approximate surface area is 132 Å². The summed E-state index contributed by atoms with van der Waals surface area (Å²) in [5.41, 5.74) is 0.305. The van der Waals surface area contributed by atoms with E-state index in [1.54, 1.807) is 24.3 Å². The van der Waals surface area contributed by atoms with Gasteiger partial charge in [-0.2, -0.15) is 0 Å². The molecule has 1 N–H and O–H groups in total. The molecule has 0 saturated heterocycles. The fourth-order valence-electron chi connectivity index (χ4n) is 2.17. The second-order valence-corrected chi connectivity index (χ2v) is 4.81. The molecule has 0 aliphatic heterocycles. The van der Waals surface area contributed by atoms with Gasteiger partial charge in [-0.3, -0.25) is 4.79 Å². The molecule has 0 amide bonds. The molecule has 2 aromatic rings. The van der Waals surface area contributed by atoms with Gasteiger partial charge < -0.3 is 19.2 Å². The fourth-order valence-corrected chi connectivity index (χ4v) is 2.17. The van der Waals surface area contributed by atoms with E-state index in [-0.39, 0.29) is 12.8 Å². The highest BCUT2D eigenvalue weighted by atomic mass is 16.5. The number of hydrogen-bond acceptors (Lipinski definition) is 7. The molecular weight excluding hydrogens is 302 g/mol. The van der Waals surface area contributed by atoms with E-state index in [0.717, 1.165) is 0 Å². The summed E-state index contributed by atoms with van der Waals surface area (Å²) >= 11 is 0. The quantitative estimate of drug-likeness (QED) is 0.639. The summed E-state index contributed by atoms with van der Waals surface area (Å²) in [5, 5.41) is 3.60. The SMILES string of the molecule is COC(=O)CC[C@H](Nc1cc(=O)oc2ccccc12)C(=O)OC. The van der Waals surface area contributed by atoms with Gasteiger partial charge in [0.25, 0.3) is 0 Å². The van der Waals surface area contributed by atoms with Gasteiger partial charge in [0.15, 0.2) is 0 Å². The molecule has 0 unspecified atom stereocenters. The van der Waals surface area contributed by atoms with Crippen molar-refractivity contribution in [3.05, 3.63) is 40.8 Å². The van der Waals surface area contributed by atoms with Crippen molar-refractivity contribution in [2.24, 2.45) is 0 Å². The molecule has 0 radical (unpaired) electrons. The van der Waals surface area contributed by atoms with E-state index in [1.165, 1.54) is 20.3 Å². The number of esters is 2. The van der Waals surface area contributed by atoms with E-state index in [2.05, 4.69) is 10.1 Å². The van der Waals surface area contributed by atoms with Crippen LogP contribution >= 0.6 is 0 Å². The number of benzene rings is 1. The van der Waals surface area contributed by atoms with E-state index in [0.29, 0.717) is 16.7 Å².